The molecule has 0 aliphatic heterocycles. The number of fused-ring (bicyclic) bond motifs is 1. The lowest BCUT2D eigenvalue weighted by Crippen LogP contribution is -2.26. The zero-order valence-corrected chi connectivity index (χ0v) is 13.2. The van der Waals surface area contributed by atoms with Crippen LogP contribution in [0.25, 0.3) is 0 Å². The number of thioether (sulfide) groups is 1. The molecule has 0 spiro atoms. The van der Waals surface area contributed by atoms with E-state index in [2.05, 4.69) is 19.9 Å². The molecule has 0 fully saturated rings. The Bertz CT molecular complexity index is 503. The smallest absolute Gasteiger partial charge is 0.166 e. The third kappa shape index (κ3) is 3.53. The van der Waals surface area contributed by atoms with Crippen molar-refractivity contribution in [1.82, 2.24) is 0 Å². The molecule has 0 amide bonds. The van der Waals surface area contributed by atoms with E-state index in [1.165, 1.54) is 5.57 Å². The molecule has 2 nitrogen and oxygen atoms in total. The van der Waals surface area contributed by atoms with E-state index in [0.29, 0.717) is 5.94 Å². The summed E-state index contributed by atoms with van der Waals surface area (Å²) >= 11 is 1.67. The van der Waals surface area contributed by atoms with Crippen LogP contribution in [-0.4, -0.2) is 18.0 Å². The maximum Gasteiger partial charge on any atom is 0.166 e. The van der Waals surface area contributed by atoms with Gasteiger partial charge in [0, 0.05) is 11.5 Å². The predicted molar refractivity (Wildman–Crippen MR) is 85.1 cm³/mol. The van der Waals surface area contributed by atoms with Crippen LogP contribution in [0.3, 0.4) is 0 Å². The molecule has 0 aromatic heterocycles. The highest BCUT2D eigenvalue weighted by Gasteiger charge is 2.33. The fraction of sp³-hybridized carbons (Fsp3) is 0.471. The van der Waals surface area contributed by atoms with Crippen molar-refractivity contribution in [1.29, 1.82) is 0 Å². The number of rotatable bonds is 5. The Labute approximate surface area is 125 Å². The average Bonchev–Trinajstić information content (AvgIpc) is 2.45. The minimum Gasteiger partial charge on any atom is -0.363 e. The summed E-state index contributed by atoms with van der Waals surface area (Å²) in [4.78, 5) is 12.6. The molecular formula is C17H22O2S. The summed E-state index contributed by atoms with van der Waals surface area (Å²) < 4.78 is 5.93. The van der Waals surface area contributed by atoms with Crippen LogP contribution in [0.4, 0.5) is 0 Å². The highest BCUT2D eigenvalue weighted by molar-refractivity contribution is 7.98. The van der Waals surface area contributed by atoms with E-state index in [0.717, 1.165) is 24.0 Å². The lowest BCUT2D eigenvalue weighted by atomic mass is 9.79. The number of ketones is 1. The van der Waals surface area contributed by atoms with Crippen molar-refractivity contribution in [3.8, 4) is 0 Å². The van der Waals surface area contributed by atoms with Gasteiger partial charge in [0.05, 0.1) is 12.0 Å². The Hall–Kier alpha value is -1.06. The summed E-state index contributed by atoms with van der Waals surface area (Å²) in [7, 11) is 0. The minimum atomic E-state index is 0.0478. The second kappa shape index (κ2) is 7.09. The summed E-state index contributed by atoms with van der Waals surface area (Å²) in [6.07, 6.45) is 5.84. The van der Waals surface area contributed by atoms with Gasteiger partial charge in [0.15, 0.2) is 5.78 Å². The predicted octanol–water partition coefficient (Wildman–Crippen LogP) is 4.62. The van der Waals surface area contributed by atoms with Crippen molar-refractivity contribution in [3.05, 3.63) is 47.0 Å². The van der Waals surface area contributed by atoms with Gasteiger partial charge in [-0.15, -0.1) is 11.8 Å². The molecule has 1 aromatic carbocycles. The molecule has 0 bridgehead atoms. The highest BCUT2D eigenvalue weighted by Crippen LogP contribution is 2.37. The fourth-order valence-electron chi connectivity index (χ4n) is 2.60. The van der Waals surface area contributed by atoms with Gasteiger partial charge in [-0.25, -0.2) is 0 Å². The van der Waals surface area contributed by atoms with Crippen molar-refractivity contribution < 1.29 is 9.53 Å². The first-order valence-corrected chi connectivity index (χ1v) is 8.40. The SMILES string of the molecule is CSCOC1CC(CC=C(C)C)C(=O)c2ccccc21. The van der Waals surface area contributed by atoms with Gasteiger partial charge in [-0.2, -0.15) is 0 Å². The third-order valence-corrected chi connectivity index (χ3v) is 4.01. The van der Waals surface area contributed by atoms with Crippen molar-refractivity contribution in [3.63, 3.8) is 0 Å². The van der Waals surface area contributed by atoms with Crippen LogP contribution in [0.2, 0.25) is 0 Å². The molecule has 0 N–H and O–H groups in total. The van der Waals surface area contributed by atoms with E-state index in [9.17, 15) is 4.79 Å². The largest absolute Gasteiger partial charge is 0.363 e. The number of hydrogen-bond donors (Lipinski definition) is 0. The highest BCUT2D eigenvalue weighted by atomic mass is 32.2. The normalized spacial score (nSPS) is 21.4. The fourth-order valence-corrected chi connectivity index (χ4v) is 2.90. The van der Waals surface area contributed by atoms with Crippen LogP contribution < -0.4 is 0 Å². The number of carbonyl (C=O) groups is 1. The molecule has 0 saturated heterocycles. The number of hydrogen-bond acceptors (Lipinski definition) is 3. The molecule has 1 aliphatic carbocycles. The molecule has 108 valence electrons. The molecule has 2 rings (SSSR count). The molecule has 0 radical (unpaired) electrons. The molecule has 0 heterocycles. The van der Waals surface area contributed by atoms with Gasteiger partial charge >= 0.3 is 0 Å². The zero-order chi connectivity index (χ0) is 14.5. The summed E-state index contributed by atoms with van der Waals surface area (Å²) in [6.45, 7) is 4.14. The molecule has 0 saturated carbocycles. The second-order valence-corrected chi connectivity index (χ2v) is 6.28. The Kier molecular flexibility index (Phi) is 5.44. The van der Waals surface area contributed by atoms with Gasteiger partial charge in [-0.1, -0.05) is 35.9 Å². The molecule has 2 atom stereocenters. The van der Waals surface area contributed by atoms with Gasteiger partial charge < -0.3 is 4.74 Å². The second-order valence-electron chi connectivity index (χ2n) is 5.46. The number of ether oxygens (including phenoxy) is 1. The van der Waals surface area contributed by atoms with Crippen LogP contribution in [0.1, 0.15) is 48.7 Å². The summed E-state index contributed by atoms with van der Waals surface area (Å²) in [5.41, 5.74) is 3.16. The molecule has 1 aromatic rings. The van der Waals surface area contributed by atoms with Crippen LogP contribution in [-0.2, 0) is 4.74 Å². The van der Waals surface area contributed by atoms with Crippen molar-refractivity contribution in [2.75, 3.05) is 12.2 Å². The first kappa shape index (κ1) is 15.3. The van der Waals surface area contributed by atoms with Crippen molar-refractivity contribution in [2.24, 2.45) is 5.92 Å². The molecule has 2 unspecified atom stereocenters. The lowest BCUT2D eigenvalue weighted by Gasteiger charge is -2.30. The van der Waals surface area contributed by atoms with Crippen LogP contribution in [0.15, 0.2) is 35.9 Å². The van der Waals surface area contributed by atoms with E-state index in [1.807, 2.05) is 30.5 Å². The maximum absolute atomic E-state index is 12.6. The monoisotopic (exact) mass is 290 g/mol. The van der Waals surface area contributed by atoms with Gasteiger partial charge in [0.25, 0.3) is 0 Å². The number of carbonyl (C=O) groups excluding carboxylic acids is 1. The van der Waals surface area contributed by atoms with E-state index in [1.54, 1.807) is 11.8 Å². The van der Waals surface area contributed by atoms with E-state index in [-0.39, 0.29) is 17.8 Å². The summed E-state index contributed by atoms with van der Waals surface area (Å²) in [5, 5.41) is 0. The van der Waals surface area contributed by atoms with Gasteiger partial charge in [0.2, 0.25) is 0 Å². The average molecular weight is 290 g/mol. The number of Topliss-reactive ketones (excluding diaryl/α,β-unsaturated/α-hetero) is 1. The molecular weight excluding hydrogens is 268 g/mol. The lowest BCUT2D eigenvalue weighted by molar-refractivity contribution is 0.0527. The standard InChI is InChI=1S/C17H22O2S/c1-12(2)8-9-13-10-16(19-11-20-3)14-6-4-5-7-15(14)17(13)18/h4-8,13,16H,9-11H2,1-3H3. The van der Waals surface area contributed by atoms with Crippen LogP contribution in [0, 0.1) is 5.92 Å². The molecule has 1 aliphatic rings. The summed E-state index contributed by atoms with van der Waals surface area (Å²) in [5.74, 6) is 0.983. The number of allylic oxidation sites excluding steroid dienone is 2. The first-order chi connectivity index (χ1) is 9.63. The van der Waals surface area contributed by atoms with E-state index in [4.69, 9.17) is 4.74 Å². The topological polar surface area (TPSA) is 26.3 Å². The minimum absolute atomic E-state index is 0.0478. The van der Waals surface area contributed by atoms with E-state index < -0.39 is 0 Å². The zero-order valence-electron chi connectivity index (χ0n) is 12.4. The Morgan fingerprint density at radius 2 is 2.15 bits per heavy atom. The Morgan fingerprint density at radius 3 is 2.85 bits per heavy atom. The third-order valence-electron chi connectivity index (χ3n) is 3.64. The van der Waals surface area contributed by atoms with Crippen molar-refractivity contribution >= 4 is 17.5 Å². The van der Waals surface area contributed by atoms with E-state index >= 15 is 0 Å². The molecule has 3 heteroatoms. The van der Waals surface area contributed by atoms with Crippen LogP contribution in [0.5, 0.6) is 0 Å². The van der Waals surface area contributed by atoms with Gasteiger partial charge in [-0.05, 0) is 38.5 Å². The van der Waals surface area contributed by atoms with Crippen LogP contribution >= 0.6 is 11.8 Å². The summed E-state index contributed by atoms with van der Waals surface area (Å²) in [6, 6.07) is 7.88. The number of benzene rings is 1. The van der Waals surface area contributed by atoms with Gasteiger partial charge in [0.1, 0.15) is 0 Å². The Morgan fingerprint density at radius 1 is 1.40 bits per heavy atom. The quantitative estimate of drug-likeness (QED) is 0.584. The molecule has 20 heavy (non-hydrogen) atoms. The Balaban J connectivity index is 2.24. The first-order valence-electron chi connectivity index (χ1n) is 7.00. The van der Waals surface area contributed by atoms with Gasteiger partial charge in [-0.3, -0.25) is 4.79 Å². The van der Waals surface area contributed by atoms with Crippen molar-refractivity contribution in [2.45, 2.75) is 32.8 Å². The maximum atomic E-state index is 12.6.